The van der Waals surface area contributed by atoms with Crippen molar-refractivity contribution in [1.82, 2.24) is 19.6 Å². The molecule has 0 bridgehead atoms. The zero-order chi connectivity index (χ0) is 22.9. The topological polar surface area (TPSA) is 108 Å². The Bertz CT molecular complexity index is 1150. The summed E-state index contributed by atoms with van der Waals surface area (Å²) in [6.45, 7) is 0.718. The fraction of sp³-hybridized carbons (Fsp3) is 0.235. The second-order valence-electron chi connectivity index (χ2n) is 6.37. The Balaban J connectivity index is 1.63. The Morgan fingerprint density at radius 3 is 2.26 bits per heavy atom. The number of nitrogens with zero attached hydrogens (tertiary/aromatic N) is 5. The molecule has 0 saturated carbocycles. The monoisotopic (exact) mass is 444 g/mol. The van der Waals surface area contributed by atoms with Crippen LogP contribution >= 0.6 is 0 Å². The molecule has 2 heterocycles. The van der Waals surface area contributed by atoms with Gasteiger partial charge < -0.3 is 5.32 Å². The Kier molecular flexibility index (Phi) is 5.99. The summed E-state index contributed by atoms with van der Waals surface area (Å²) in [4.78, 5) is 22.2. The highest BCUT2D eigenvalue weighted by molar-refractivity contribution is 5.89. The first kappa shape index (κ1) is 21.9. The van der Waals surface area contributed by atoms with Crippen LogP contribution in [-0.4, -0.2) is 30.4 Å². The number of carbonyl (C=O) groups is 1. The molecule has 31 heavy (non-hydrogen) atoms. The number of carbonyl (C=O) groups excluding carboxylic acids is 1. The van der Waals surface area contributed by atoms with Gasteiger partial charge in [-0.25, -0.2) is 22.0 Å². The summed E-state index contributed by atoms with van der Waals surface area (Å²) in [5.41, 5.74) is -1.07. The van der Waals surface area contributed by atoms with Crippen molar-refractivity contribution < 1.29 is 31.7 Å². The lowest BCUT2D eigenvalue weighted by Gasteiger charge is -2.08. The highest BCUT2D eigenvalue weighted by Gasteiger charge is 2.26. The van der Waals surface area contributed by atoms with Gasteiger partial charge in [0, 0.05) is 25.2 Å². The van der Waals surface area contributed by atoms with Gasteiger partial charge >= 0.3 is 5.69 Å². The number of aromatic nitrogens is 4. The molecule has 0 aliphatic rings. The minimum absolute atomic E-state index is 0.0310. The third-order valence-corrected chi connectivity index (χ3v) is 4.21. The smallest absolute Gasteiger partial charge is 0.309 e. The molecule has 0 aliphatic heterocycles. The average molecular weight is 444 g/mol. The number of amides is 1. The molecule has 0 atom stereocenters. The third kappa shape index (κ3) is 4.51. The van der Waals surface area contributed by atoms with Crippen molar-refractivity contribution in [3.05, 3.63) is 68.9 Å². The van der Waals surface area contributed by atoms with Gasteiger partial charge in [-0.2, -0.15) is 10.2 Å². The van der Waals surface area contributed by atoms with Crippen molar-refractivity contribution in [2.45, 2.75) is 26.4 Å². The van der Waals surface area contributed by atoms with Gasteiger partial charge in [-0.05, 0) is 6.92 Å². The molecule has 0 radical (unpaired) electrons. The van der Waals surface area contributed by atoms with Crippen molar-refractivity contribution in [2.75, 3.05) is 5.32 Å². The van der Waals surface area contributed by atoms with E-state index in [2.05, 4.69) is 15.5 Å². The van der Waals surface area contributed by atoms with Gasteiger partial charge in [0.25, 0.3) is 0 Å². The molecule has 0 unspecified atom stereocenters. The molecule has 3 rings (SSSR count). The van der Waals surface area contributed by atoms with Gasteiger partial charge in [0.1, 0.15) is 11.9 Å². The first-order valence-corrected chi connectivity index (χ1v) is 8.60. The van der Waals surface area contributed by atoms with E-state index in [0.717, 1.165) is 4.68 Å². The van der Waals surface area contributed by atoms with E-state index in [1.54, 1.807) is 0 Å². The van der Waals surface area contributed by atoms with E-state index >= 15 is 0 Å². The van der Waals surface area contributed by atoms with Crippen LogP contribution in [-0.2, 0) is 17.9 Å². The Morgan fingerprint density at radius 1 is 1.06 bits per heavy atom. The van der Waals surface area contributed by atoms with Gasteiger partial charge in [-0.1, -0.05) is 0 Å². The van der Waals surface area contributed by atoms with Gasteiger partial charge in [0.15, 0.2) is 29.1 Å². The molecule has 2 aromatic heterocycles. The second-order valence-corrected chi connectivity index (χ2v) is 6.37. The number of hydrogen-bond donors (Lipinski definition) is 1. The summed E-state index contributed by atoms with van der Waals surface area (Å²) in [7, 11) is 0. The molecule has 9 nitrogen and oxygen atoms in total. The van der Waals surface area contributed by atoms with E-state index in [-0.39, 0.29) is 30.2 Å². The van der Waals surface area contributed by atoms with Crippen molar-refractivity contribution in [1.29, 1.82) is 0 Å². The fourth-order valence-corrected chi connectivity index (χ4v) is 2.69. The van der Waals surface area contributed by atoms with E-state index in [9.17, 15) is 36.9 Å². The molecule has 0 aliphatic carbocycles. The highest BCUT2D eigenvalue weighted by Crippen LogP contribution is 2.24. The minimum Gasteiger partial charge on any atom is -0.309 e. The summed E-state index contributed by atoms with van der Waals surface area (Å²) >= 11 is 0. The average Bonchev–Trinajstić information content (AvgIpc) is 3.32. The maximum atomic E-state index is 13.8. The SMILES string of the molecule is Cc1nn(CCC(=O)Nc2ccn(Cc3c(F)c(F)c(F)c(F)c3F)n2)cc1[N+](=O)[O-]. The molecular formula is C17H13F5N6O3. The summed E-state index contributed by atoms with van der Waals surface area (Å²) in [6.07, 6.45) is 2.23. The molecule has 0 saturated heterocycles. The molecule has 164 valence electrons. The predicted octanol–water partition coefficient (Wildman–Crippen LogP) is 3.07. The number of benzene rings is 1. The first-order chi connectivity index (χ1) is 14.6. The van der Waals surface area contributed by atoms with E-state index in [1.165, 1.54) is 30.1 Å². The maximum Gasteiger partial charge on any atom is 0.309 e. The van der Waals surface area contributed by atoms with Crippen LogP contribution in [0.1, 0.15) is 17.7 Å². The van der Waals surface area contributed by atoms with Gasteiger partial charge in [0.2, 0.25) is 11.7 Å². The molecule has 1 N–H and O–H groups in total. The zero-order valence-corrected chi connectivity index (χ0v) is 15.7. The molecule has 1 aromatic carbocycles. The number of aryl methyl sites for hydroxylation is 2. The van der Waals surface area contributed by atoms with Crippen molar-refractivity contribution in [3.63, 3.8) is 0 Å². The first-order valence-electron chi connectivity index (χ1n) is 8.60. The standard InChI is InChI=1S/C17H13F5N6O3/c1-8-10(28(30)31)7-27(24-8)5-3-12(29)23-11-2-4-26(25-11)6-9-13(18)15(20)17(22)16(21)14(9)19/h2,4,7H,3,5-6H2,1H3,(H,23,25,29). The zero-order valence-electron chi connectivity index (χ0n) is 15.7. The van der Waals surface area contributed by atoms with Crippen LogP contribution in [0.4, 0.5) is 33.5 Å². The lowest BCUT2D eigenvalue weighted by molar-refractivity contribution is -0.385. The van der Waals surface area contributed by atoms with E-state index < -0.39 is 52.0 Å². The van der Waals surface area contributed by atoms with Crippen LogP contribution in [0, 0.1) is 46.1 Å². The minimum atomic E-state index is -2.26. The van der Waals surface area contributed by atoms with Crippen LogP contribution in [0.5, 0.6) is 0 Å². The number of hydrogen-bond acceptors (Lipinski definition) is 5. The predicted molar refractivity (Wildman–Crippen MR) is 94.4 cm³/mol. The van der Waals surface area contributed by atoms with Gasteiger partial charge in [-0.3, -0.25) is 24.3 Å². The van der Waals surface area contributed by atoms with Crippen molar-refractivity contribution in [3.8, 4) is 0 Å². The number of nitro groups is 1. The number of rotatable bonds is 7. The molecule has 1 amide bonds. The molecule has 14 heteroatoms. The van der Waals surface area contributed by atoms with Crippen molar-refractivity contribution in [2.24, 2.45) is 0 Å². The molecule has 3 aromatic rings. The number of halogens is 5. The lowest BCUT2D eigenvalue weighted by atomic mass is 10.1. The van der Waals surface area contributed by atoms with Gasteiger partial charge in [0.05, 0.1) is 17.0 Å². The summed E-state index contributed by atoms with van der Waals surface area (Å²) in [6, 6.07) is 1.26. The molecular weight excluding hydrogens is 431 g/mol. The summed E-state index contributed by atoms with van der Waals surface area (Å²) in [5, 5.41) is 20.9. The Hall–Kier alpha value is -3.84. The van der Waals surface area contributed by atoms with Crippen LogP contribution in [0.15, 0.2) is 18.5 Å². The van der Waals surface area contributed by atoms with Gasteiger partial charge in [-0.15, -0.1) is 0 Å². The van der Waals surface area contributed by atoms with Crippen LogP contribution in [0.2, 0.25) is 0 Å². The maximum absolute atomic E-state index is 13.8. The lowest BCUT2D eigenvalue weighted by Crippen LogP contribution is -2.16. The molecule has 0 fully saturated rings. The Morgan fingerprint density at radius 2 is 1.68 bits per heavy atom. The highest BCUT2D eigenvalue weighted by atomic mass is 19.2. The van der Waals surface area contributed by atoms with E-state index in [1.807, 2.05) is 0 Å². The quantitative estimate of drug-likeness (QED) is 0.198. The Labute approximate surface area is 170 Å². The van der Waals surface area contributed by atoms with Crippen molar-refractivity contribution >= 4 is 17.4 Å². The van der Waals surface area contributed by atoms with Crippen LogP contribution in [0.25, 0.3) is 0 Å². The number of anilines is 1. The third-order valence-electron chi connectivity index (χ3n) is 4.21. The number of nitrogens with one attached hydrogen (secondary N) is 1. The fourth-order valence-electron chi connectivity index (χ4n) is 2.69. The largest absolute Gasteiger partial charge is 0.309 e. The van der Waals surface area contributed by atoms with E-state index in [4.69, 9.17) is 0 Å². The van der Waals surface area contributed by atoms with Crippen LogP contribution < -0.4 is 5.32 Å². The summed E-state index contributed by atoms with van der Waals surface area (Å²) < 4.78 is 69.3. The van der Waals surface area contributed by atoms with Crippen LogP contribution in [0.3, 0.4) is 0 Å². The second kappa shape index (κ2) is 8.49. The normalized spacial score (nSPS) is 11.0. The molecule has 0 spiro atoms. The summed E-state index contributed by atoms with van der Waals surface area (Å²) in [5.74, 6) is -10.9. The van der Waals surface area contributed by atoms with E-state index in [0.29, 0.717) is 0 Å².